The van der Waals surface area contributed by atoms with E-state index in [0.29, 0.717) is 0 Å². The molecular weight excluding hydrogens is 556 g/mol. The molecule has 2 aromatic heterocycles. The summed E-state index contributed by atoms with van der Waals surface area (Å²) in [6, 6.07) is 25.4. The van der Waals surface area contributed by atoms with E-state index in [1.54, 1.807) is 21.8 Å². The summed E-state index contributed by atoms with van der Waals surface area (Å²) in [5.41, 5.74) is 1.94. The molecule has 0 amide bonds. The van der Waals surface area contributed by atoms with Gasteiger partial charge in [-0.1, -0.05) is 0 Å². The normalized spacial score (nSPS) is 9.87. The van der Waals surface area contributed by atoms with Crippen molar-refractivity contribution in [2.75, 3.05) is 0 Å². The molecule has 6 nitrogen and oxygen atoms in total. The zero-order chi connectivity index (χ0) is 20.9. The molecule has 0 aliphatic carbocycles. The van der Waals surface area contributed by atoms with Crippen molar-refractivity contribution >= 4 is 5.78 Å². The fraction of sp³-hybridized carbons (Fsp3) is 0.0870. The van der Waals surface area contributed by atoms with E-state index in [1.165, 1.54) is 19.9 Å². The van der Waals surface area contributed by atoms with Gasteiger partial charge in [-0.15, -0.1) is 12.1 Å². The summed E-state index contributed by atoms with van der Waals surface area (Å²) in [5, 5.41) is 16.5. The molecule has 0 aliphatic rings. The van der Waals surface area contributed by atoms with Gasteiger partial charge in [0.2, 0.25) is 0 Å². The van der Waals surface area contributed by atoms with Gasteiger partial charge in [-0.25, -0.2) is 0 Å². The molecule has 0 bridgehead atoms. The van der Waals surface area contributed by atoms with Gasteiger partial charge in [0.15, 0.2) is 5.78 Å². The van der Waals surface area contributed by atoms with Gasteiger partial charge >= 0.3 is 0 Å². The smallest absolute Gasteiger partial charge is 0.155 e. The Bertz CT molecular complexity index is 911. The minimum atomic E-state index is -0.125. The predicted octanol–water partition coefficient (Wildman–Crippen LogP) is 4.38. The number of benzene rings is 2. The van der Waals surface area contributed by atoms with Gasteiger partial charge in [0.25, 0.3) is 0 Å². The van der Waals surface area contributed by atoms with Crippen molar-refractivity contribution in [3.63, 3.8) is 0 Å². The van der Waals surface area contributed by atoms with Crippen LogP contribution in [0, 0.1) is 12.1 Å². The maximum atomic E-state index is 10.0. The van der Waals surface area contributed by atoms with E-state index in [9.17, 15) is 4.79 Å². The van der Waals surface area contributed by atoms with Crippen molar-refractivity contribution in [2.45, 2.75) is 13.8 Å². The number of hydrogen-bond acceptors (Lipinski definition) is 4. The second-order valence-electron chi connectivity index (χ2n) is 5.79. The minimum absolute atomic E-state index is 0. The van der Waals surface area contributed by atoms with E-state index in [-0.39, 0.29) is 31.6 Å². The average molecular weight is 579 g/mol. The van der Waals surface area contributed by atoms with E-state index in [1.807, 2.05) is 73.1 Å². The Labute approximate surface area is 189 Å². The van der Waals surface area contributed by atoms with Crippen LogP contribution in [-0.4, -0.2) is 30.5 Å². The Morgan fingerprint density at radius 2 is 1.33 bits per heavy atom. The molecule has 4 aromatic rings. The van der Waals surface area contributed by atoms with Gasteiger partial charge in [0, 0.05) is 51.0 Å². The molecule has 4 rings (SSSR count). The van der Waals surface area contributed by atoms with Gasteiger partial charge in [-0.05, 0) is 37.4 Å². The van der Waals surface area contributed by atoms with Crippen LogP contribution in [-0.2, 0) is 24.9 Å². The van der Waals surface area contributed by atoms with Crippen molar-refractivity contribution < 1.29 is 30.0 Å². The Kier molecular flexibility index (Phi) is 11.4. The second kappa shape index (κ2) is 13.8. The molecule has 1 N–H and O–H groups in total. The summed E-state index contributed by atoms with van der Waals surface area (Å²) in [4.78, 5) is 10.0. The van der Waals surface area contributed by atoms with Gasteiger partial charge in [-0.2, -0.15) is 58.7 Å². The number of aromatic nitrogens is 4. The summed E-state index contributed by atoms with van der Waals surface area (Å²) in [7, 11) is 0. The number of hydrogen-bond donors (Lipinski definition) is 1. The topological polar surface area (TPSA) is 72.9 Å². The molecule has 0 unspecified atom stereocenters. The number of nitrogens with zero attached hydrogens (tertiary/aromatic N) is 4. The largest absolute Gasteiger partial charge is 0.512 e. The number of para-hydroxylation sites is 2. The van der Waals surface area contributed by atoms with E-state index in [2.05, 4.69) is 22.3 Å². The Morgan fingerprint density at radius 3 is 1.57 bits per heavy atom. The molecule has 2 heterocycles. The second-order valence-corrected chi connectivity index (χ2v) is 5.79. The third-order valence-electron chi connectivity index (χ3n) is 3.30. The molecule has 0 spiro atoms. The number of rotatable bonds is 3. The first-order valence-corrected chi connectivity index (χ1v) is 8.87. The van der Waals surface area contributed by atoms with E-state index in [4.69, 9.17) is 5.11 Å². The fourth-order valence-corrected chi connectivity index (χ4v) is 2.17. The summed E-state index contributed by atoms with van der Waals surface area (Å²) in [6.07, 6.45) is 8.46. The molecule has 2 aromatic carbocycles. The molecule has 0 saturated carbocycles. The summed E-state index contributed by atoms with van der Waals surface area (Å²) < 4.78 is 3.56. The molecule has 0 atom stereocenters. The van der Waals surface area contributed by atoms with Gasteiger partial charge in [0.1, 0.15) is 0 Å². The van der Waals surface area contributed by atoms with Crippen molar-refractivity contribution in [2.24, 2.45) is 0 Å². The average Bonchev–Trinajstić information content (AvgIpc) is 3.44. The maximum Gasteiger partial charge on any atom is 0.155 e. The first-order chi connectivity index (χ1) is 14.1. The third kappa shape index (κ3) is 9.28. The van der Waals surface area contributed by atoms with Crippen molar-refractivity contribution in [1.29, 1.82) is 0 Å². The molecular formula is C23H22IrN4O2-2. The molecule has 1 radical (unpaired) electrons. The first kappa shape index (κ1) is 24.8. The Balaban J connectivity index is 0.000000229. The number of ketones is 1. The van der Waals surface area contributed by atoms with Crippen LogP contribution in [0.25, 0.3) is 11.4 Å². The Morgan fingerprint density at radius 1 is 0.867 bits per heavy atom. The SMILES string of the molecule is CC(=O)/C=C(/C)O.[Ir].[c-]1ccccc1-n1cccn1.[c-]1ccccc1-n1cccn1. The first-order valence-electron chi connectivity index (χ1n) is 8.87. The van der Waals surface area contributed by atoms with E-state index in [0.717, 1.165) is 11.4 Å². The van der Waals surface area contributed by atoms with Crippen LogP contribution in [0.3, 0.4) is 0 Å². The van der Waals surface area contributed by atoms with Crippen LogP contribution >= 0.6 is 0 Å². The van der Waals surface area contributed by atoms with Crippen LogP contribution in [0.2, 0.25) is 0 Å². The number of aliphatic hydroxyl groups is 1. The molecule has 7 heteroatoms. The summed E-state index contributed by atoms with van der Waals surface area (Å²) >= 11 is 0. The van der Waals surface area contributed by atoms with Gasteiger partial charge < -0.3 is 5.11 Å². The number of carbonyl (C=O) groups is 1. The van der Waals surface area contributed by atoms with E-state index >= 15 is 0 Å². The molecule has 0 saturated heterocycles. The van der Waals surface area contributed by atoms with Gasteiger partial charge in [0.05, 0.1) is 5.76 Å². The minimum Gasteiger partial charge on any atom is -0.512 e. The van der Waals surface area contributed by atoms with Crippen molar-refractivity contribution in [3.05, 3.63) is 109 Å². The van der Waals surface area contributed by atoms with Crippen molar-refractivity contribution in [1.82, 2.24) is 19.6 Å². The maximum absolute atomic E-state index is 10.0. The molecule has 0 aliphatic heterocycles. The summed E-state index contributed by atoms with van der Waals surface area (Å²) in [5.74, 6) is -0.0625. The number of aliphatic hydroxyl groups excluding tert-OH is 1. The van der Waals surface area contributed by atoms with Crippen LogP contribution in [0.4, 0.5) is 0 Å². The van der Waals surface area contributed by atoms with Crippen LogP contribution < -0.4 is 0 Å². The quantitative estimate of drug-likeness (QED) is 0.223. The molecule has 0 fully saturated rings. The third-order valence-corrected chi connectivity index (χ3v) is 3.30. The monoisotopic (exact) mass is 579 g/mol. The predicted molar refractivity (Wildman–Crippen MR) is 112 cm³/mol. The fourth-order valence-electron chi connectivity index (χ4n) is 2.17. The number of allylic oxidation sites excluding steroid dienone is 2. The Hall–Kier alpha value is -3.28. The molecule has 157 valence electrons. The molecule has 30 heavy (non-hydrogen) atoms. The number of carbonyl (C=O) groups excluding carboxylic acids is 1. The zero-order valence-corrected chi connectivity index (χ0v) is 19.0. The van der Waals surface area contributed by atoms with Crippen molar-refractivity contribution in [3.8, 4) is 11.4 Å². The van der Waals surface area contributed by atoms with Crippen LogP contribution in [0.1, 0.15) is 13.8 Å². The van der Waals surface area contributed by atoms with Crippen LogP contribution in [0.5, 0.6) is 0 Å². The summed E-state index contributed by atoms with van der Waals surface area (Å²) in [6.45, 7) is 2.85. The zero-order valence-electron chi connectivity index (χ0n) is 16.6. The van der Waals surface area contributed by atoms with E-state index < -0.39 is 0 Å². The van der Waals surface area contributed by atoms with Gasteiger partial charge in [-0.3, -0.25) is 14.2 Å². The standard InChI is InChI=1S/2C9H7N2.C5H8O2.Ir/c2*1-2-5-9(6-3-1)11-8-4-7-10-11;1-4(6)3-5(2)7;/h2*1-5,7-8H;3,6H,1-2H3;/q2*-1;;/b;;4-3-;. The van der Waals surface area contributed by atoms with Crippen LogP contribution in [0.15, 0.2) is 97.3 Å².